The number of rotatable bonds is 1. The molecule has 0 saturated heterocycles. The Labute approximate surface area is 76.6 Å². The molecular formula is C3HCl2O2Tl. The van der Waals surface area contributed by atoms with Crippen molar-refractivity contribution >= 4 is 56.5 Å². The summed E-state index contributed by atoms with van der Waals surface area (Å²) in [6.45, 7) is 0. The number of hydrogen-bond donors (Lipinski definition) is 0. The Kier molecular flexibility index (Phi) is 8.40. The van der Waals surface area contributed by atoms with Crippen molar-refractivity contribution in [2.75, 3.05) is 0 Å². The zero-order chi connectivity index (χ0) is 5.86. The molecule has 0 aliphatic carbocycles. The Balaban J connectivity index is 0. The molecule has 0 radical (unpaired) electrons. The van der Waals surface area contributed by atoms with Gasteiger partial charge in [-0.25, -0.2) is 0 Å². The van der Waals surface area contributed by atoms with Gasteiger partial charge in [0.05, 0.1) is 11.0 Å². The molecule has 0 amide bonds. The van der Waals surface area contributed by atoms with E-state index in [2.05, 4.69) is 0 Å². The van der Waals surface area contributed by atoms with Gasteiger partial charge in [-0.1, -0.05) is 23.2 Å². The van der Waals surface area contributed by atoms with Crippen LogP contribution >= 0.6 is 23.2 Å². The van der Waals surface area contributed by atoms with Gasteiger partial charge in [0, 0.05) is 5.54 Å². The summed E-state index contributed by atoms with van der Waals surface area (Å²) < 4.78 is 0. The maximum absolute atomic E-state index is 9.53. The van der Waals surface area contributed by atoms with Crippen LogP contribution in [0, 0.1) is 0 Å². The quantitative estimate of drug-likeness (QED) is 0.483. The van der Waals surface area contributed by atoms with Crippen molar-refractivity contribution in [2.24, 2.45) is 0 Å². The van der Waals surface area contributed by atoms with Crippen molar-refractivity contribution in [3.05, 3.63) is 10.6 Å². The number of carbonyl (C=O) groups excluding carboxylic acids is 1. The van der Waals surface area contributed by atoms with Gasteiger partial charge >= 0.3 is 27.3 Å². The van der Waals surface area contributed by atoms with Crippen LogP contribution in [0.4, 0.5) is 0 Å². The smallest absolute Gasteiger partial charge is 0.544 e. The standard InChI is InChI=1S/C3H2Cl2O2.Tl/c4-1-2(5)3(6)7;/h1H,(H,6,7);/q;+1/p-1/b2-1-;. The van der Waals surface area contributed by atoms with Crippen LogP contribution in [-0.4, -0.2) is 33.3 Å². The van der Waals surface area contributed by atoms with E-state index in [0.717, 1.165) is 5.54 Å². The van der Waals surface area contributed by atoms with Crippen molar-refractivity contribution < 1.29 is 9.90 Å². The second kappa shape index (κ2) is 5.84. The zero-order valence-corrected chi connectivity index (χ0v) is 9.73. The summed E-state index contributed by atoms with van der Waals surface area (Å²) in [6.07, 6.45) is 0. The molecule has 8 heavy (non-hydrogen) atoms. The molecule has 0 aliphatic rings. The minimum atomic E-state index is -1.46. The van der Waals surface area contributed by atoms with Gasteiger partial charge in [-0.2, -0.15) is 0 Å². The fourth-order valence-electron chi connectivity index (χ4n) is 0.0445. The molecule has 0 heterocycles. The van der Waals surface area contributed by atoms with Crippen molar-refractivity contribution in [3.8, 4) is 0 Å². The molecule has 0 aromatic rings. The molecule has 0 aliphatic heterocycles. The van der Waals surface area contributed by atoms with Gasteiger partial charge in [-0.15, -0.1) is 0 Å². The molecule has 0 spiro atoms. The monoisotopic (exact) mass is 344 g/mol. The maximum atomic E-state index is 9.53. The second-order valence-corrected chi connectivity index (χ2v) is 1.37. The molecule has 0 rings (SSSR count). The average molecular weight is 344 g/mol. The van der Waals surface area contributed by atoms with Gasteiger partial charge in [-0.05, 0) is 0 Å². The first-order valence-corrected chi connectivity index (χ1v) is 2.17. The van der Waals surface area contributed by atoms with Gasteiger partial charge in [0.15, 0.2) is 0 Å². The first kappa shape index (κ1) is 11.5. The van der Waals surface area contributed by atoms with Crippen molar-refractivity contribution in [1.82, 2.24) is 0 Å². The Morgan fingerprint density at radius 1 is 1.62 bits per heavy atom. The molecule has 0 unspecified atom stereocenters. The van der Waals surface area contributed by atoms with Crippen LogP contribution in [0.1, 0.15) is 0 Å². The molecule has 5 heteroatoms. The van der Waals surface area contributed by atoms with E-state index < -0.39 is 11.0 Å². The molecule has 42 valence electrons. The van der Waals surface area contributed by atoms with Crippen LogP contribution < -0.4 is 5.11 Å². The Bertz CT molecular complexity index is 112. The molecule has 0 aromatic carbocycles. The summed E-state index contributed by atoms with van der Waals surface area (Å²) in [7, 11) is 0. The fraction of sp³-hybridized carbons (Fsp3) is 0. The van der Waals surface area contributed by atoms with Crippen LogP contribution in [0.2, 0.25) is 0 Å². The number of hydrogen-bond acceptors (Lipinski definition) is 2. The number of carboxylic acids is 1. The normalized spacial score (nSPS) is 10.0. The van der Waals surface area contributed by atoms with E-state index in [1.165, 1.54) is 0 Å². The maximum Gasteiger partial charge on any atom is 1.00 e. The fourth-order valence-corrected chi connectivity index (χ4v) is 0.134. The molecule has 0 saturated carbocycles. The van der Waals surface area contributed by atoms with Gasteiger partial charge < -0.3 is 9.90 Å². The summed E-state index contributed by atoms with van der Waals surface area (Å²) in [5, 5.41) is 9.05. The van der Waals surface area contributed by atoms with Crippen LogP contribution in [0.25, 0.3) is 0 Å². The molecule has 0 fully saturated rings. The van der Waals surface area contributed by atoms with E-state index in [0.29, 0.717) is 0 Å². The summed E-state index contributed by atoms with van der Waals surface area (Å²) in [5.41, 5.74) is 0.733. The third kappa shape index (κ3) is 4.86. The second-order valence-electron chi connectivity index (χ2n) is 0.745. The third-order valence-corrected chi connectivity index (χ3v) is 0.884. The van der Waals surface area contributed by atoms with Crippen LogP contribution in [0.3, 0.4) is 0 Å². The van der Waals surface area contributed by atoms with Crippen molar-refractivity contribution in [2.45, 2.75) is 0 Å². The topological polar surface area (TPSA) is 40.1 Å². The summed E-state index contributed by atoms with van der Waals surface area (Å²) in [6, 6.07) is 0. The van der Waals surface area contributed by atoms with Gasteiger partial charge in [-0.3, -0.25) is 0 Å². The number of halogens is 2. The molecule has 0 bridgehead atoms. The van der Waals surface area contributed by atoms with Crippen LogP contribution in [0.5, 0.6) is 0 Å². The summed E-state index contributed by atoms with van der Waals surface area (Å²) in [5.74, 6) is -1.46. The predicted molar refractivity (Wildman–Crippen MR) is 30.5 cm³/mol. The number of carbonyl (C=O) groups is 1. The Hall–Kier alpha value is 0.712. The van der Waals surface area contributed by atoms with Crippen LogP contribution in [-0.2, 0) is 4.79 Å². The number of aliphatic carboxylic acids is 1. The summed E-state index contributed by atoms with van der Waals surface area (Å²) >= 11 is 9.70. The Morgan fingerprint density at radius 2 is 2.00 bits per heavy atom. The van der Waals surface area contributed by atoms with Gasteiger partial charge in [0.1, 0.15) is 0 Å². The largest absolute Gasteiger partial charge is 1.00 e. The minimum Gasteiger partial charge on any atom is -0.544 e. The Morgan fingerprint density at radius 3 is 2.00 bits per heavy atom. The first-order valence-electron chi connectivity index (χ1n) is 1.35. The third-order valence-electron chi connectivity index (χ3n) is 0.291. The minimum absolute atomic E-state index is 0. The van der Waals surface area contributed by atoms with E-state index in [9.17, 15) is 9.90 Å². The zero-order valence-electron chi connectivity index (χ0n) is 3.73. The molecule has 0 aromatic heterocycles. The van der Waals surface area contributed by atoms with E-state index in [4.69, 9.17) is 23.2 Å². The molecule has 0 N–H and O–H groups in total. The molecule has 0 atom stereocenters. The summed E-state index contributed by atoms with van der Waals surface area (Å²) in [4.78, 5) is 9.53. The van der Waals surface area contributed by atoms with Gasteiger partial charge in [0.25, 0.3) is 0 Å². The van der Waals surface area contributed by atoms with Crippen LogP contribution in [0.15, 0.2) is 10.6 Å². The van der Waals surface area contributed by atoms with E-state index in [-0.39, 0.29) is 27.3 Å². The predicted octanol–water partition coefficient (Wildman–Crippen LogP) is -0.326. The SMILES string of the molecule is O=C([O-])/C(Cl)=C/Cl.[Tl+]. The van der Waals surface area contributed by atoms with E-state index in [1.807, 2.05) is 0 Å². The van der Waals surface area contributed by atoms with Gasteiger partial charge in [0.2, 0.25) is 0 Å². The number of carboxylic acid groups (broad SMARTS) is 1. The first-order chi connectivity index (χ1) is 3.18. The van der Waals surface area contributed by atoms with E-state index >= 15 is 0 Å². The van der Waals surface area contributed by atoms with Crippen molar-refractivity contribution in [1.29, 1.82) is 0 Å². The average Bonchev–Trinajstić information content (AvgIpc) is 1.65. The molecule has 2 nitrogen and oxygen atoms in total. The van der Waals surface area contributed by atoms with Crippen molar-refractivity contribution in [3.63, 3.8) is 0 Å². The van der Waals surface area contributed by atoms with E-state index in [1.54, 1.807) is 0 Å². The molecular weight excluding hydrogens is 343 g/mol.